The molecule has 18 heavy (non-hydrogen) atoms. The zero-order valence-corrected chi connectivity index (χ0v) is 10.4. The van der Waals surface area contributed by atoms with Crippen LogP contribution in [0.3, 0.4) is 0 Å². The van der Waals surface area contributed by atoms with Gasteiger partial charge >= 0.3 is 0 Å². The molecule has 0 unspecified atom stereocenters. The Morgan fingerprint density at radius 1 is 1.44 bits per heavy atom. The van der Waals surface area contributed by atoms with Crippen LogP contribution < -0.4 is 15.8 Å². The van der Waals surface area contributed by atoms with Crippen LogP contribution >= 0.6 is 0 Å². The molecule has 0 aromatic carbocycles. The Balaban J connectivity index is 2.08. The number of hydrogen-bond donors (Lipinski definition) is 2. The molecular formula is C12H16N4O2. The maximum atomic E-state index is 5.93. The fourth-order valence-electron chi connectivity index (χ4n) is 1.42. The number of rotatable bonds is 5. The summed E-state index contributed by atoms with van der Waals surface area (Å²) in [5.74, 6) is 1.73. The number of nitrogens with zero attached hydrogens (tertiary/aromatic N) is 2. The fraction of sp³-hybridized carbons (Fsp3) is 0.333. The van der Waals surface area contributed by atoms with Crippen molar-refractivity contribution in [3.05, 3.63) is 30.5 Å². The van der Waals surface area contributed by atoms with Crippen molar-refractivity contribution in [2.45, 2.75) is 26.5 Å². The first-order valence-corrected chi connectivity index (χ1v) is 5.70. The van der Waals surface area contributed by atoms with E-state index in [1.54, 1.807) is 6.26 Å². The number of anilines is 2. The number of nitrogens with one attached hydrogen (secondary N) is 1. The van der Waals surface area contributed by atoms with Crippen molar-refractivity contribution in [1.29, 1.82) is 0 Å². The van der Waals surface area contributed by atoms with Crippen LogP contribution in [0.1, 0.15) is 19.6 Å². The Labute approximate surface area is 105 Å². The molecule has 0 aliphatic carbocycles. The van der Waals surface area contributed by atoms with Crippen LogP contribution in [-0.2, 0) is 6.54 Å². The Morgan fingerprint density at radius 2 is 2.28 bits per heavy atom. The molecule has 0 radical (unpaired) electrons. The van der Waals surface area contributed by atoms with Gasteiger partial charge in [0.1, 0.15) is 17.8 Å². The van der Waals surface area contributed by atoms with Crippen molar-refractivity contribution in [3.8, 4) is 5.88 Å². The number of ether oxygens (including phenoxy) is 1. The lowest BCUT2D eigenvalue weighted by atomic mass is 10.4. The summed E-state index contributed by atoms with van der Waals surface area (Å²) in [6.07, 6.45) is 3.05. The van der Waals surface area contributed by atoms with Gasteiger partial charge in [0.05, 0.1) is 18.9 Å². The van der Waals surface area contributed by atoms with Gasteiger partial charge in [-0.05, 0) is 26.0 Å². The molecular weight excluding hydrogens is 232 g/mol. The minimum atomic E-state index is 0.0140. The molecule has 0 fully saturated rings. The SMILES string of the molecule is CC(C)Oc1ncnc(NCc2ccco2)c1N. The maximum absolute atomic E-state index is 5.93. The molecule has 0 aliphatic rings. The van der Waals surface area contributed by atoms with Crippen LogP contribution in [0.4, 0.5) is 11.5 Å². The van der Waals surface area contributed by atoms with Crippen molar-refractivity contribution in [2.24, 2.45) is 0 Å². The van der Waals surface area contributed by atoms with E-state index in [-0.39, 0.29) is 6.10 Å². The van der Waals surface area contributed by atoms with Gasteiger partial charge in [-0.15, -0.1) is 0 Å². The minimum Gasteiger partial charge on any atom is -0.473 e. The van der Waals surface area contributed by atoms with Crippen LogP contribution in [0.5, 0.6) is 5.88 Å². The zero-order chi connectivity index (χ0) is 13.0. The molecule has 2 rings (SSSR count). The second-order valence-electron chi connectivity index (χ2n) is 4.04. The van der Waals surface area contributed by atoms with Gasteiger partial charge in [-0.1, -0.05) is 0 Å². The molecule has 0 bridgehead atoms. The highest BCUT2D eigenvalue weighted by molar-refractivity contribution is 5.66. The van der Waals surface area contributed by atoms with Crippen LogP contribution in [-0.4, -0.2) is 16.1 Å². The lowest BCUT2D eigenvalue weighted by Crippen LogP contribution is -2.11. The Morgan fingerprint density at radius 3 is 2.94 bits per heavy atom. The van der Waals surface area contributed by atoms with E-state index in [9.17, 15) is 0 Å². The average Bonchev–Trinajstić information content (AvgIpc) is 2.83. The molecule has 0 saturated carbocycles. The number of nitrogens with two attached hydrogens (primary N) is 1. The highest BCUT2D eigenvalue weighted by Gasteiger charge is 2.10. The summed E-state index contributed by atoms with van der Waals surface area (Å²) >= 11 is 0. The number of aromatic nitrogens is 2. The van der Waals surface area contributed by atoms with Gasteiger partial charge < -0.3 is 20.2 Å². The Kier molecular flexibility index (Phi) is 3.66. The van der Waals surface area contributed by atoms with Crippen molar-refractivity contribution < 1.29 is 9.15 Å². The highest BCUT2D eigenvalue weighted by atomic mass is 16.5. The lowest BCUT2D eigenvalue weighted by molar-refractivity contribution is 0.234. The first-order chi connectivity index (χ1) is 8.66. The van der Waals surface area contributed by atoms with Crippen molar-refractivity contribution >= 4 is 11.5 Å². The normalized spacial score (nSPS) is 10.6. The molecule has 0 atom stereocenters. The number of hydrogen-bond acceptors (Lipinski definition) is 6. The average molecular weight is 248 g/mol. The summed E-state index contributed by atoms with van der Waals surface area (Å²) in [6.45, 7) is 4.34. The number of nitrogen functional groups attached to an aromatic ring is 1. The largest absolute Gasteiger partial charge is 0.473 e. The lowest BCUT2D eigenvalue weighted by Gasteiger charge is -2.13. The van der Waals surface area contributed by atoms with E-state index in [0.717, 1.165) is 5.76 Å². The van der Waals surface area contributed by atoms with E-state index < -0.39 is 0 Å². The first-order valence-electron chi connectivity index (χ1n) is 5.70. The summed E-state index contributed by atoms with van der Waals surface area (Å²) in [4.78, 5) is 8.08. The zero-order valence-electron chi connectivity index (χ0n) is 10.4. The molecule has 0 spiro atoms. The predicted octanol–water partition coefficient (Wildman–Crippen LogP) is 2.05. The minimum absolute atomic E-state index is 0.0140. The standard InChI is InChI=1S/C12H16N4O2/c1-8(2)18-12-10(13)11(15-7-16-12)14-6-9-4-3-5-17-9/h3-5,7-8H,6,13H2,1-2H3,(H,14,15,16). The molecule has 3 N–H and O–H groups in total. The first kappa shape index (κ1) is 12.2. The van der Waals surface area contributed by atoms with Crippen LogP contribution in [0.2, 0.25) is 0 Å². The van der Waals surface area contributed by atoms with Crippen molar-refractivity contribution in [2.75, 3.05) is 11.1 Å². The van der Waals surface area contributed by atoms with E-state index >= 15 is 0 Å². The van der Waals surface area contributed by atoms with Gasteiger partial charge in [0, 0.05) is 0 Å². The Hall–Kier alpha value is -2.24. The second-order valence-corrected chi connectivity index (χ2v) is 4.04. The van der Waals surface area contributed by atoms with E-state index in [1.165, 1.54) is 6.33 Å². The van der Waals surface area contributed by atoms with E-state index in [1.807, 2.05) is 26.0 Å². The van der Waals surface area contributed by atoms with Crippen LogP contribution in [0.25, 0.3) is 0 Å². The molecule has 0 saturated heterocycles. The molecule has 96 valence electrons. The third-order valence-electron chi connectivity index (χ3n) is 2.20. The molecule has 6 nitrogen and oxygen atoms in total. The third-order valence-corrected chi connectivity index (χ3v) is 2.20. The van der Waals surface area contributed by atoms with Gasteiger partial charge in [-0.3, -0.25) is 0 Å². The third kappa shape index (κ3) is 2.91. The number of furan rings is 1. The van der Waals surface area contributed by atoms with Crippen molar-refractivity contribution in [3.63, 3.8) is 0 Å². The van der Waals surface area contributed by atoms with Gasteiger partial charge in [0.25, 0.3) is 0 Å². The molecule has 2 aromatic rings. The molecule has 0 amide bonds. The van der Waals surface area contributed by atoms with Crippen LogP contribution in [0.15, 0.2) is 29.1 Å². The van der Waals surface area contributed by atoms with Gasteiger partial charge in [-0.25, -0.2) is 4.98 Å². The predicted molar refractivity (Wildman–Crippen MR) is 68.2 cm³/mol. The van der Waals surface area contributed by atoms with E-state index in [4.69, 9.17) is 14.9 Å². The highest BCUT2D eigenvalue weighted by Crippen LogP contribution is 2.25. The summed E-state index contributed by atoms with van der Waals surface area (Å²) in [5, 5.41) is 3.08. The second kappa shape index (κ2) is 5.39. The van der Waals surface area contributed by atoms with Gasteiger partial charge in [0.15, 0.2) is 5.82 Å². The topological polar surface area (TPSA) is 86.2 Å². The van der Waals surface area contributed by atoms with Crippen LogP contribution in [0, 0.1) is 0 Å². The van der Waals surface area contributed by atoms with Crippen molar-refractivity contribution in [1.82, 2.24) is 9.97 Å². The summed E-state index contributed by atoms with van der Waals surface area (Å²) < 4.78 is 10.7. The Bertz CT molecular complexity index is 497. The van der Waals surface area contributed by atoms with E-state index in [0.29, 0.717) is 23.9 Å². The summed E-state index contributed by atoms with van der Waals surface area (Å²) in [5.41, 5.74) is 6.33. The quantitative estimate of drug-likeness (QED) is 0.842. The van der Waals surface area contributed by atoms with Gasteiger partial charge in [0.2, 0.25) is 5.88 Å². The monoisotopic (exact) mass is 248 g/mol. The molecule has 6 heteroatoms. The molecule has 2 aromatic heterocycles. The smallest absolute Gasteiger partial charge is 0.242 e. The van der Waals surface area contributed by atoms with E-state index in [2.05, 4.69) is 15.3 Å². The summed E-state index contributed by atoms with van der Waals surface area (Å²) in [6, 6.07) is 3.70. The molecule has 2 heterocycles. The van der Waals surface area contributed by atoms with Gasteiger partial charge in [-0.2, -0.15) is 4.98 Å². The maximum Gasteiger partial charge on any atom is 0.242 e. The summed E-state index contributed by atoms with van der Waals surface area (Å²) in [7, 11) is 0. The molecule has 0 aliphatic heterocycles. The fourth-order valence-corrected chi connectivity index (χ4v) is 1.42.